The van der Waals surface area contributed by atoms with Gasteiger partial charge >= 0.3 is 0 Å². The summed E-state index contributed by atoms with van der Waals surface area (Å²) in [5.41, 5.74) is 10.8. The number of rotatable bonds is 5. The Bertz CT molecular complexity index is 595. The Kier molecular flexibility index (Phi) is 5.10. The van der Waals surface area contributed by atoms with E-state index < -0.39 is 10.8 Å². The second-order valence-corrected chi connectivity index (χ2v) is 6.70. The largest absolute Gasteiger partial charge is 0.323 e. The summed E-state index contributed by atoms with van der Waals surface area (Å²) in [4.78, 5) is 0. The molecule has 0 saturated heterocycles. The summed E-state index contributed by atoms with van der Waals surface area (Å²) in [7, 11) is -0.940. The van der Waals surface area contributed by atoms with Gasteiger partial charge in [-0.25, -0.2) is 0 Å². The number of benzene rings is 2. The van der Waals surface area contributed by atoms with Gasteiger partial charge in [0.2, 0.25) is 0 Å². The highest BCUT2D eigenvalue weighted by molar-refractivity contribution is 7.84. The Hall–Kier alpha value is -1.45. The second-order valence-electron chi connectivity index (χ2n) is 5.20. The molecule has 2 unspecified atom stereocenters. The lowest BCUT2D eigenvalue weighted by molar-refractivity contribution is 0.674. The average Bonchev–Trinajstić information content (AvgIpc) is 2.39. The highest BCUT2D eigenvalue weighted by Gasteiger charge is 2.13. The van der Waals surface area contributed by atoms with Crippen LogP contribution in [0.4, 0.5) is 0 Å². The third-order valence-electron chi connectivity index (χ3n) is 3.36. The summed E-state index contributed by atoms with van der Waals surface area (Å²) < 4.78 is 12.2. The molecule has 0 radical (unpaired) electrons. The molecule has 0 aromatic heterocycles. The van der Waals surface area contributed by atoms with Crippen LogP contribution in [0.3, 0.4) is 0 Å². The number of nitrogens with two attached hydrogens (primary N) is 1. The number of aryl methyl sites for hydroxylation is 2. The summed E-state index contributed by atoms with van der Waals surface area (Å²) >= 11 is 0. The van der Waals surface area contributed by atoms with Crippen molar-refractivity contribution in [1.29, 1.82) is 0 Å². The molecule has 2 aromatic carbocycles. The van der Waals surface area contributed by atoms with Gasteiger partial charge in [-0.15, -0.1) is 0 Å². The predicted octanol–water partition coefficient (Wildman–Crippen LogP) is 3.25. The van der Waals surface area contributed by atoms with Gasteiger partial charge in [-0.3, -0.25) is 4.21 Å². The van der Waals surface area contributed by atoms with Crippen LogP contribution in [0.1, 0.15) is 28.3 Å². The molecule has 20 heavy (non-hydrogen) atoms. The molecule has 0 aliphatic heterocycles. The summed E-state index contributed by atoms with van der Waals surface area (Å²) in [5, 5.41) is 0. The summed E-state index contributed by atoms with van der Waals surface area (Å²) in [6.45, 7) is 4.12. The quantitative estimate of drug-likeness (QED) is 0.917. The Morgan fingerprint density at radius 1 is 1.10 bits per heavy atom. The van der Waals surface area contributed by atoms with Crippen molar-refractivity contribution in [2.24, 2.45) is 5.73 Å². The van der Waals surface area contributed by atoms with E-state index in [9.17, 15) is 4.21 Å². The molecule has 0 spiro atoms. The van der Waals surface area contributed by atoms with Crippen LogP contribution in [-0.2, 0) is 16.6 Å². The van der Waals surface area contributed by atoms with E-state index in [-0.39, 0.29) is 6.04 Å². The molecule has 2 rings (SSSR count). The first kappa shape index (κ1) is 14.9. The zero-order chi connectivity index (χ0) is 14.5. The second kappa shape index (κ2) is 6.82. The normalized spacial score (nSPS) is 13.9. The van der Waals surface area contributed by atoms with E-state index in [1.54, 1.807) is 0 Å². The molecule has 2 N–H and O–H groups in total. The minimum Gasteiger partial charge on any atom is -0.323 e. The fourth-order valence-electron chi connectivity index (χ4n) is 2.35. The lowest BCUT2D eigenvalue weighted by Gasteiger charge is -2.15. The predicted molar refractivity (Wildman–Crippen MR) is 86.0 cm³/mol. The van der Waals surface area contributed by atoms with Crippen molar-refractivity contribution in [1.82, 2.24) is 0 Å². The first-order valence-corrected chi connectivity index (χ1v) is 8.26. The molecule has 2 aromatic rings. The van der Waals surface area contributed by atoms with Gasteiger partial charge in [0, 0.05) is 28.3 Å². The maximum Gasteiger partial charge on any atom is 0.0486 e. The van der Waals surface area contributed by atoms with E-state index in [1.807, 2.05) is 30.3 Å². The van der Waals surface area contributed by atoms with Crippen molar-refractivity contribution in [2.45, 2.75) is 25.6 Å². The molecule has 0 saturated carbocycles. The van der Waals surface area contributed by atoms with Crippen LogP contribution < -0.4 is 5.73 Å². The molecular formula is C17H21NOS. The summed E-state index contributed by atoms with van der Waals surface area (Å²) in [5.74, 6) is 1.07. The fraction of sp³-hybridized carbons (Fsp3) is 0.294. The van der Waals surface area contributed by atoms with E-state index in [4.69, 9.17) is 5.73 Å². The maximum absolute atomic E-state index is 12.2. The van der Waals surface area contributed by atoms with Crippen molar-refractivity contribution < 1.29 is 4.21 Å². The monoisotopic (exact) mass is 287 g/mol. The van der Waals surface area contributed by atoms with Crippen molar-refractivity contribution in [2.75, 3.05) is 5.75 Å². The minimum absolute atomic E-state index is 0.167. The highest BCUT2D eigenvalue weighted by Crippen LogP contribution is 2.18. The van der Waals surface area contributed by atoms with Gasteiger partial charge in [0.25, 0.3) is 0 Å². The van der Waals surface area contributed by atoms with Gasteiger partial charge in [-0.1, -0.05) is 54.1 Å². The summed E-state index contributed by atoms with van der Waals surface area (Å²) in [6, 6.07) is 16.0. The van der Waals surface area contributed by atoms with E-state index >= 15 is 0 Å². The van der Waals surface area contributed by atoms with Gasteiger partial charge in [0.05, 0.1) is 0 Å². The van der Waals surface area contributed by atoms with E-state index in [2.05, 4.69) is 32.0 Å². The maximum atomic E-state index is 12.2. The van der Waals surface area contributed by atoms with E-state index in [0.29, 0.717) is 11.5 Å². The molecule has 2 atom stereocenters. The van der Waals surface area contributed by atoms with Gasteiger partial charge < -0.3 is 5.73 Å². The Morgan fingerprint density at radius 2 is 1.80 bits per heavy atom. The number of hydrogen-bond acceptors (Lipinski definition) is 2. The van der Waals surface area contributed by atoms with Crippen LogP contribution in [-0.4, -0.2) is 9.96 Å². The van der Waals surface area contributed by atoms with Crippen LogP contribution in [0.25, 0.3) is 0 Å². The van der Waals surface area contributed by atoms with Gasteiger partial charge in [-0.2, -0.15) is 0 Å². The Labute approximate surface area is 123 Å². The van der Waals surface area contributed by atoms with Crippen molar-refractivity contribution in [3.63, 3.8) is 0 Å². The first-order valence-electron chi connectivity index (χ1n) is 6.78. The smallest absolute Gasteiger partial charge is 0.0486 e. The minimum atomic E-state index is -0.940. The van der Waals surface area contributed by atoms with Crippen molar-refractivity contribution >= 4 is 10.8 Å². The Morgan fingerprint density at radius 3 is 2.45 bits per heavy atom. The van der Waals surface area contributed by atoms with Crippen LogP contribution in [0.15, 0.2) is 48.5 Å². The topological polar surface area (TPSA) is 43.1 Å². The molecule has 0 amide bonds. The molecule has 0 aliphatic carbocycles. The zero-order valence-electron chi connectivity index (χ0n) is 12.0. The first-order chi connectivity index (χ1) is 9.56. The van der Waals surface area contributed by atoms with E-state index in [0.717, 1.165) is 11.1 Å². The molecule has 0 fully saturated rings. The average molecular weight is 287 g/mol. The molecule has 0 aliphatic rings. The van der Waals surface area contributed by atoms with Crippen LogP contribution >= 0.6 is 0 Å². The molecule has 0 heterocycles. The van der Waals surface area contributed by atoms with Crippen molar-refractivity contribution in [3.8, 4) is 0 Å². The highest BCUT2D eigenvalue weighted by atomic mass is 32.2. The van der Waals surface area contributed by atoms with Crippen LogP contribution in [0.2, 0.25) is 0 Å². The molecule has 0 bridgehead atoms. The third-order valence-corrected chi connectivity index (χ3v) is 4.75. The zero-order valence-corrected chi connectivity index (χ0v) is 12.8. The number of hydrogen-bond donors (Lipinski definition) is 1. The SMILES string of the molecule is Cc1ccc(C(N)CS(=O)Cc2ccccc2)c(C)c1. The lowest BCUT2D eigenvalue weighted by Crippen LogP contribution is -2.20. The van der Waals surface area contributed by atoms with Gasteiger partial charge in [-0.05, 0) is 30.5 Å². The van der Waals surface area contributed by atoms with Crippen molar-refractivity contribution in [3.05, 3.63) is 70.8 Å². The Balaban J connectivity index is 2.00. The van der Waals surface area contributed by atoms with Crippen LogP contribution in [0.5, 0.6) is 0 Å². The van der Waals surface area contributed by atoms with Gasteiger partial charge in [0.1, 0.15) is 0 Å². The standard InChI is InChI=1S/C17H21NOS/c1-13-8-9-16(14(2)10-13)17(18)12-20(19)11-15-6-4-3-5-7-15/h3-10,17H,11-12,18H2,1-2H3. The molecular weight excluding hydrogens is 266 g/mol. The van der Waals surface area contributed by atoms with Crippen LogP contribution in [0, 0.1) is 13.8 Å². The van der Waals surface area contributed by atoms with Gasteiger partial charge in [0.15, 0.2) is 0 Å². The lowest BCUT2D eigenvalue weighted by atomic mass is 10.0. The summed E-state index contributed by atoms with van der Waals surface area (Å²) in [6.07, 6.45) is 0. The molecule has 3 heteroatoms. The fourth-order valence-corrected chi connectivity index (χ4v) is 3.61. The molecule has 2 nitrogen and oxygen atoms in total. The van der Waals surface area contributed by atoms with E-state index in [1.165, 1.54) is 11.1 Å². The molecule has 106 valence electrons. The third kappa shape index (κ3) is 4.02.